The second-order valence-corrected chi connectivity index (χ2v) is 27.0. The van der Waals surface area contributed by atoms with Crippen molar-refractivity contribution in [1.29, 1.82) is 0 Å². The van der Waals surface area contributed by atoms with E-state index in [0.29, 0.717) is 25.0 Å². The Morgan fingerprint density at radius 1 is 0.684 bits per heavy atom. The van der Waals surface area contributed by atoms with Crippen molar-refractivity contribution in [3.63, 3.8) is 0 Å². The van der Waals surface area contributed by atoms with E-state index in [-0.39, 0.29) is 11.7 Å². The minimum absolute atomic E-state index is 0.220. The van der Waals surface area contributed by atoms with Crippen LogP contribution in [0.2, 0.25) is 8.87 Å². The molecule has 0 bridgehead atoms. The van der Waals surface area contributed by atoms with Crippen molar-refractivity contribution < 1.29 is 26.9 Å². The molecule has 222 valence electrons. The van der Waals surface area contributed by atoms with Crippen LogP contribution in [0.4, 0.5) is 0 Å². The molecule has 0 fully saturated rings. The number of hydrogen-bond donors (Lipinski definition) is 0. The number of carbonyl (C=O) groups is 3. The van der Waals surface area contributed by atoms with Crippen LogP contribution in [0, 0.1) is 11.8 Å². The van der Waals surface area contributed by atoms with Gasteiger partial charge in [-0.1, -0.05) is 0 Å². The molecule has 2 atom stereocenters. The quantitative estimate of drug-likeness (QED) is 0.0583. The van der Waals surface area contributed by atoms with Gasteiger partial charge in [0, 0.05) is 0 Å². The maximum atomic E-state index is 12.8. The van der Waals surface area contributed by atoms with E-state index in [0.717, 1.165) is 85.9 Å². The summed E-state index contributed by atoms with van der Waals surface area (Å²) in [7, 11) is 1.56. The normalized spacial score (nSPS) is 13.3. The van der Waals surface area contributed by atoms with E-state index in [1.807, 2.05) is 0 Å². The molecule has 0 rings (SSSR count). The van der Waals surface area contributed by atoms with Gasteiger partial charge in [-0.3, -0.25) is 0 Å². The fourth-order valence-electron chi connectivity index (χ4n) is 4.13. The topological polar surface area (TPSA) is 78.9 Å². The molecule has 0 aliphatic rings. The van der Waals surface area contributed by atoms with Gasteiger partial charge >= 0.3 is 242 Å². The summed E-state index contributed by atoms with van der Waals surface area (Å²) >= 11 is -3.53. The molecule has 0 N–H and O–H groups in total. The summed E-state index contributed by atoms with van der Waals surface area (Å²) in [6.45, 7) is 13.6. The molecular weight excluding hydrogens is 607 g/mol. The van der Waals surface area contributed by atoms with E-state index in [1.54, 1.807) is 8.95 Å². The number of esters is 2. The molecule has 0 spiro atoms. The van der Waals surface area contributed by atoms with Gasteiger partial charge in [-0.05, 0) is 0 Å². The van der Waals surface area contributed by atoms with Crippen molar-refractivity contribution in [2.45, 2.75) is 127 Å². The van der Waals surface area contributed by atoms with E-state index in [1.165, 1.54) is 12.2 Å². The Hall–Kier alpha value is -0.701. The van der Waals surface area contributed by atoms with E-state index in [2.05, 4.69) is 41.5 Å². The zero-order valence-corrected chi connectivity index (χ0v) is 28.9. The van der Waals surface area contributed by atoms with Crippen LogP contribution in [0.25, 0.3) is 0 Å². The first-order chi connectivity index (χ1) is 18.3. The Bertz CT molecular complexity index is 661. The summed E-state index contributed by atoms with van der Waals surface area (Å²) in [6, 6.07) is 0. The van der Waals surface area contributed by atoms with Crippen molar-refractivity contribution in [1.82, 2.24) is 0 Å². The van der Waals surface area contributed by atoms with Gasteiger partial charge in [-0.25, -0.2) is 0 Å². The number of carbonyl (C=O) groups excluding carboxylic acids is 3. The summed E-state index contributed by atoms with van der Waals surface area (Å²) in [6.07, 6.45) is 14.9. The molecule has 38 heavy (non-hydrogen) atoms. The van der Waals surface area contributed by atoms with Crippen LogP contribution < -0.4 is 0 Å². The molecule has 0 radical (unpaired) electrons. The molecule has 0 aromatic carbocycles. The number of rotatable bonds is 24. The zero-order valence-electron chi connectivity index (χ0n) is 25.2. The van der Waals surface area contributed by atoms with Gasteiger partial charge in [0.15, 0.2) is 0 Å². The Morgan fingerprint density at radius 2 is 1.16 bits per heavy atom. The standard InChI is InChI=1S/C12H20O4.C10H20O2S.2C4H9.Sn/c1-3-5-6-10(4-2)9-16-12(15)8-7-11(13)14;1-3-5-6-9(4-2)7-12-10(11)8-13;2*1-3-4-2;/h7-8,10H,3-6,9H2,1-2H3,(H,13,14);9,13H,3-8H2,1-2H3;2*1,3-4H2,2H3;/q;;;;+2/p-2/b8-7-;;;;/t10-;9-;;;/m10.../s1. The molecule has 0 aromatic heterocycles. The fraction of sp³-hybridized carbons (Fsp3) is 0.833. The van der Waals surface area contributed by atoms with Crippen molar-refractivity contribution in [3.05, 3.63) is 12.2 Å². The van der Waals surface area contributed by atoms with Gasteiger partial charge in [0.05, 0.1) is 0 Å². The van der Waals surface area contributed by atoms with Crippen LogP contribution in [0.5, 0.6) is 0 Å². The van der Waals surface area contributed by atoms with Crippen LogP contribution in [-0.2, 0) is 26.9 Å². The van der Waals surface area contributed by atoms with E-state index < -0.39 is 29.3 Å². The third-order valence-electron chi connectivity index (χ3n) is 6.95. The summed E-state index contributed by atoms with van der Waals surface area (Å²) in [5.74, 6) is -0.245. The van der Waals surface area contributed by atoms with Gasteiger partial charge in [-0.15, -0.1) is 0 Å². The van der Waals surface area contributed by atoms with Gasteiger partial charge in [0.25, 0.3) is 0 Å². The van der Waals surface area contributed by atoms with Crippen LogP contribution in [-0.4, -0.2) is 54.3 Å². The summed E-state index contributed by atoms with van der Waals surface area (Å²) in [5, 5.41) is 0. The Kier molecular flexibility index (Phi) is 23.7. The van der Waals surface area contributed by atoms with Crippen molar-refractivity contribution >= 4 is 44.3 Å². The molecule has 0 aliphatic carbocycles. The van der Waals surface area contributed by atoms with Crippen LogP contribution in [0.15, 0.2) is 12.2 Å². The number of ether oxygens (including phenoxy) is 2. The minimum atomic E-state index is -3.53. The van der Waals surface area contributed by atoms with Crippen molar-refractivity contribution in [3.8, 4) is 0 Å². The Morgan fingerprint density at radius 3 is 1.63 bits per heavy atom. The molecule has 6 nitrogen and oxygen atoms in total. The molecular formula is C30H56O6SSn. The first kappa shape index (κ1) is 37.3. The predicted octanol–water partition coefficient (Wildman–Crippen LogP) is 8.38. The van der Waals surface area contributed by atoms with Gasteiger partial charge in [0.2, 0.25) is 0 Å². The molecule has 0 amide bonds. The summed E-state index contributed by atoms with van der Waals surface area (Å²) < 4.78 is 18.9. The van der Waals surface area contributed by atoms with Crippen LogP contribution in [0.1, 0.15) is 119 Å². The summed E-state index contributed by atoms with van der Waals surface area (Å²) in [4.78, 5) is 37.7. The SMILES string of the molecule is CCCC[C@@H](CC)COC(=O)/C=C\C(=O)[O][Sn]([CH2]CCC)([CH2]CCC)[S]CC(=O)OC[C@@H](CC)CCCC. The number of unbranched alkanes of at least 4 members (excludes halogenated alkanes) is 4. The Balaban J connectivity index is 5.13. The van der Waals surface area contributed by atoms with Crippen LogP contribution in [0.3, 0.4) is 0 Å². The molecule has 0 saturated heterocycles. The Labute approximate surface area is 240 Å². The molecule has 0 aliphatic heterocycles. The molecule has 0 unspecified atom stereocenters. The first-order valence-electron chi connectivity index (χ1n) is 15.2. The molecule has 8 heteroatoms. The van der Waals surface area contributed by atoms with Gasteiger partial charge < -0.3 is 0 Å². The average Bonchev–Trinajstić information content (AvgIpc) is 2.92. The predicted molar refractivity (Wildman–Crippen MR) is 161 cm³/mol. The molecule has 0 heterocycles. The van der Waals surface area contributed by atoms with Crippen molar-refractivity contribution in [2.75, 3.05) is 19.0 Å². The van der Waals surface area contributed by atoms with Gasteiger partial charge in [0.1, 0.15) is 0 Å². The second-order valence-electron chi connectivity index (χ2n) is 10.3. The zero-order chi connectivity index (χ0) is 28.7. The van der Waals surface area contributed by atoms with Gasteiger partial charge in [-0.2, -0.15) is 0 Å². The van der Waals surface area contributed by atoms with E-state index >= 15 is 0 Å². The monoisotopic (exact) mass is 664 g/mol. The second kappa shape index (κ2) is 24.1. The number of hydrogen-bond acceptors (Lipinski definition) is 7. The average molecular weight is 664 g/mol. The van der Waals surface area contributed by atoms with E-state index in [4.69, 9.17) is 12.5 Å². The van der Waals surface area contributed by atoms with E-state index in [9.17, 15) is 14.4 Å². The summed E-state index contributed by atoms with van der Waals surface area (Å²) in [5.41, 5.74) is 0. The molecule has 0 saturated carbocycles. The first-order valence-corrected chi connectivity index (χ1v) is 24.8. The third kappa shape index (κ3) is 18.6. The fourth-order valence-corrected chi connectivity index (χ4v) is 21.3. The molecule has 0 aromatic rings. The van der Waals surface area contributed by atoms with Crippen molar-refractivity contribution in [2.24, 2.45) is 11.8 Å². The third-order valence-corrected chi connectivity index (χ3v) is 24.9. The maximum absolute atomic E-state index is 12.8. The van der Waals surface area contributed by atoms with Crippen LogP contribution >= 0.6 is 8.95 Å².